The van der Waals surface area contributed by atoms with Crippen molar-refractivity contribution in [1.29, 1.82) is 0 Å². The average Bonchev–Trinajstić information content (AvgIpc) is 3.22. The number of aliphatic hydroxyl groups is 3. The van der Waals surface area contributed by atoms with Gasteiger partial charge in [-0.3, -0.25) is 4.79 Å². The molecule has 0 aliphatic heterocycles. The molecule has 0 radical (unpaired) electrons. The van der Waals surface area contributed by atoms with E-state index in [-0.39, 0.29) is 18.9 Å². The number of amides is 1. The first-order chi connectivity index (χ1) is 28.5. The van der Waals surface area contributed by atoms with Crippen LogP contribution in [0.4, 0.5) is 0 Å². The van der Waals surface area contributed by atoms with Gasteiger partial charge in [-0.25, -0.2) is 0 Å². The Morgan fingerprint density at radius 3 is 0.828 bits per heavy atom. The normalized spacial score (nSPS) is 13.3. The van der Waals surface area contributed by atoms with Gasteiger partial charge in [-0.05, 0) is 12.8 Å². The molecule has 0 saturated heterocycles. The van der Waals surface area contributed by atoms with Crippen molar-refractivity contribution in [3.8, 4) is 0 Å². The van der Waals surface area contributed by atoms with E-state index >= 15 is 0 Å². The number of nitrogens with one attached hydrogen (secondary N) is 1. The van der Waals surface area contributed by atoms with Crippen LogP contribution in [0.3, 0.4) is 0 Å². The van der Waals surface area contributed by atoms with Crippen molar-refractivity contribution < 1.29 is 20.1 Å². The fraction of sp³-hybridized carbons (Fsp3) is 0.981. The monoisotopic (exact) mass is 822 g/mol. The quantitative estimate of drug-likeness (QED) is 0.0460. The lowest BCUT2D eigenvalue weighted by Crippen LogP contribution is -2.46. The van der Waals surface area contributed by atoms with Crippen molar-refractivity contribution in [2.45, 2.75) is 327 Å². The van der Waals surface area contributed by atoms with E-state index in [1.807, 2.05) is 0 Å². The van der Waals surface area contributed by atoms with Gasteiger partial charge in [0.25, 0.3) is 0 Å². The van der Waals surface area contributed by atoms with E-state index in [4.69, 9.17) is 0 Å². The first kappa shape index (κ1) is 57.3. The van der Waals surface area contributed by atoms with Crippen molar-refractivity contribution in [3.05, 3.63) is 0 Å². The summed E-state index contributed by atoms with van der Waals surface area (Å²) in [4.78, 5) is 12.5. The standard InChI is InChI=1S/C53H107NO4/c1-3-5-7-9-11-13-15-17-19-21-23-25-26-27-29-31-33-35-37-39-41-43-45-47-52(57)51(49-55)54-53(58)48-50(56)46-44-42-40-38-36-34-32-30-28-24-22-20-18-16-14-12-10-8-6-4-2/h50-52,55-57H,3-49H2,1-2H3,(H,54,58). The van der Waals surface area contributed by atoms with Crippen LogP contribution in [0.25, 0.3) is 0 Å². The summed E-state index contributed by atoms with van der Waals surface area (Å²) in [6.07, 6.45) is 58.2. The van der Waals surface area contributed by atoms with E-state index in [0.717, 1.165) is 25.7 Å². The van der Waals surface area contributed by atoms with Gasteiger partial charge in [0.05, 0.1) is 31.3 Å². The fourth-order valence-electron chi connectivity index (χ4n) is 8.82. The molecule has 5 heteroatoms. The van der Waals surface area contributed by atoms with Crippen LogP contribution in [0.15, 0.2) is 0 Å². The molecule has 348 valence electrons. The zero-order valence-corrected chi connectivity index (χ0v) is 39.7. The smallest absolute Gasteiger partial charge is 0.222 e. The summed E-state index contributed by atoms with van der Waals surface area (Å²) < 4.78 is 0. The van der Waals surface area contributed by atoms with Crippen LogP contribution in [0, 0.1) is 0 Å². The minimum Gasteiger partial charge on any atom is -0.394 e. The van der Waals surface area contributed by atoms with E-state index < -0.39 is 18.2 Å². The Hall–Kier alpha value is -0.650. The largest absolute Gasteiger partial charge is 0.394 e. The Morgan fingerprint density at radius 2 is 0.586 bits per heavy atom. The number of rotatable bonds is 50. The number of carbonyl (C=O) groups is 1. The summed E-state index contributed by atoms with van der Waals surface area (Å²) in [7, 11) is 0. The molecule has 3 atom stereocenters. The number of unbranched alkanes of at least 4 members (excludes halogenated alkanes) is 41. The molecule has 0 saturated carbocycles. The highest BCUT2D eigenvalue weighted by atomic mass is 16.3. The maximum absolute atomic E-state index is 12.5. The Kier molecular flexibility index (Phi) is 48.5. The highest BCUT2D eigenvalue weighted by molar-refractivity contribution is 5.76. The predicted molar refractivity (Wildman–Crippen MR) is 255 cm³/mol. The number of aliphatic hydroxyl groups excluding tert-OH is 3. The molecule has 1 amide bonds. The maximum Gasteiger partial charge on any atom is 0.222 e. The van der Waals surface area contributed by atoms with Gasteiger partial charge in [-0.2, -0.15) is 0 Å². The van der Waals surface area contributed by atoms with Crippen molar-refractivity contribution in [2.24, 2.45) is 0 Å². The average molecular weight is 822 g/mol. The first-order valence-electron chi connectivity index (χ1n) is 26.8. The molecule has 0 bridgehead atoms. The van der Waals surface area contributed by atoms with Gasteiger partial charge in [0.15, 0.2) is 0 Å². The van der Waals surface area contributed by atoms with Crippen LogP contribution < -0.4 is 5.32 Å². The van der Waals surface area contributed by atoms with Crippen LogP contribution >= 0.6 is 0 Å². The van der Waals surface area contributed by atoms with Crippen LogP contribution in [-0.2, 0) is 4.79 Å². The van der Waals surface area contributed by atoms with Gasteiger partial charge in [0.1, 0.15) is 0 Å². The van der Waals surface area contributed by atoms with E-state index in [2.05, 4.69) is 19.2 Å². The van der Waals surface area contributed by atoms with Gasteiger partial charge in [-0.1, -0.05) is 290 Å². The lowest BCUT2D eigenvalue weighted by Gasteiger charge is -2.23. The van der Waals surface area contributed by atoms with Crippen LogP contribution in [0.1, 0.15) is 309 Å². The fourth-order valence-corrected chi connectivity index (χ4v) is 8.82. The molecule has 0 heterocycles. The lowest BCUT2D eigenvalue weighted by molar-refractivity contribution is -0.125. The third-order valence-electron chi connectivity index (χ3n) is 12.9. The minimum absolute atomic E-state index is 0.0434. The summed E-state index contributed by atoms with van der Waals surface area (Å²) in [5, 5.41) is 33.6. The summed E-state index contributed by atoms with van der Waals surface area (Å²) >= 11 is 0. The molecule has 58 heavy (non-hydrogen) atoms. The minimum atomic E-state index is -0.745. The summed E-state index contributed by atoms with van der Waals surface area (Å²) in [5.74, 6) is -0.275. The van der Waals surface area contributed by atoms with E-state index in [1.165, 1.54) is 250 Å². The third kappa shape index (κ3) is 44.9. The van der Waals surface area contributed by atoms with Gasteiger partial charge < -0.3 is 20.6 Å². The van der Waals surface area contributed by atoms with Crippen molar-refractivity contribution >= 4 is 5.91 Å². The second kappa shape index (κ2) is 49.0. The lowest BCUT2D eigenvalue weighted by atomic mass is 10.0. The molecule has 5 nitrogen and oxygen atoms in total. The molecule has 0 aromatic rings. The predicted octanol–water partition coefficient (Wildman–Crippen LogP) is 16.2. The first-order valence-corrected chi connectivity index (χ1v) is 26.8. The third-order valence-corrected chi connectivity index (χ3v) is 12.9. The number of carbonyl (C=O) groups excluding carboxylic acids is 1. The molecule has 0 rings (SSSR count). The van der Waals surface area contributed by atoms with E-state index in [0.29, 0.717) is 12.8 Å². The van der Waals surface area contributed by atoms with Crippen LogP contribution in [0.5, 0.6) is 0 Å². The van der Waals surface area contributed by atoms with Gasteiger partial charge in [0, 0.05) is 0 Å². The molecular formula is C53H107NO4. The van der Waals surface area contributed by atoms with Gasteiger partial charge in [0.2, 0.25) is 5.91 Å². The van der Waals surface area contributed by atoms with E-state index in [1.54, 1.807) is 0 Å². The molecule has 0 aromatic heterocycles. The molecule has 3 unspecified atom stereocenters. The number of hydrogen-bond donors (Lipinski definition) is 4. The molecule has 4 N–H and O–H groups in total. The van der Waals surface area contributed by atoms with Crippen LogP contribution in [0.2, 0.25) is 0 Å². The Morgan fingerprint density at radius 1 is 0.362 bits per heavy atom. The topological polar surface area (TPSA) is 89.8 Å². The molecular weight excluding hydrogens is 715 g/mol. The Bertz CT molecular complexity index is 777. The van der Waals surface area contributed by atoms with Crippen molar-refractivity contribution in [3.63, 3.8) is 0 Å². The van der Waals surface area contributed by atoms with E-state index in [9.17, 15) is 20.1 Å². The SMILES string of the molecule is CCCCCCCCCCCCCCCCCCCCCCCCCC(O)C(CO)NC(=O)CC(O)CCCCCCCCCCCCCCCCCCCCCC. The molecule has 0 aromatic carbocycles. The summed E-state index contributed by atoms with van der Waals surface area (Å²) in [6.45, 7) is 4.31. The zero-order chi connectivity index (χ0) is 42.3. The molecule has 0 spiro atoms. The van der Waals surface area contributed by atoms with Gasteiger partial charge >= 0.3 is 0 Å². The Labute approximate surface area is 364 Å². The second-order valence-electron chi connectivity index (χ2n) is 18.9. The molecule has 0 aliphatic carbocycles. The highest BCUT2D eigenvalue weighted by Gasteiger charge is 2.21. The number of hydrogen-bond acceptors (Lipinski definition) is 4. The summed E-state index contributed by atoms with van der Waals surface area (Å²) in [6, 6.07) is -0.654. The maximum atomic E-state index is 12.5. The Balaban J connectivity index is 3.51. The molecule has 0 fully saturated rings. The van der Waals surface area contributed by atoms with Crippen LogP contribution in [-0.4, -0.2) is 46.1 Å². The van der Waals surface area contributed by atoms with Gasteiger partial charge in [-0.15, -0.1) is 0 Å². The van der Waals surface area contributed by atoms with Crippen molar-refractivity contribution in [1.82, 2.24) is 5.32 Å². The zero-order valence-electron chi connectivity index (χ0n) is 39.7. The summed E-state index contributed by atoms with van der Waals surface area (Å²) in [5.41, 5.74) is 0. The second-order valence-corrected chi connectivity index (χ2v) is 18.9. The molecule has 0 aliphatic rings. The van der Waals surface area contributed by atoms with Crippen molar-refractivity contribution in [2.75, 3.05) is 6.61 Å². The highest BCUT2D eigenvalue weighted by Crippen LogP contribution is 2.18.